The molecule has 0 saturated heterocycles. The maximum Gasteiger partial charge on any atom is 0.165 e. The zero-order chi connectivity index (χ0) is 16.7. The van der Waals surface area contributed by atoms with Gasteiger partial charge in [0, 0.05) is 17.8 Å². The van der Waals surface area contributed by atoms with Gasteiger partial charge in [0.05, 0.1) is 19.0 Å². The van der Waals surface area contributed by atoms with E-state index in [1.54, 1.807) is 23.0 Å². The highest BCUT2D eigenvalue weighted by Gasteiger charge is 2.13. The highest BCUT2D eigenvalue weighted by atomic mass is 79.9. The summed E-state index contributed by atoms with van der Waals surface area (Å²) in [7, 11) is 1.43. The molecular weight excluding hydrogens is 377 g/mol. The van der Waals surface area contributed by atoms with E-state index in [4.69, 9.17) is 4.74 Å². The highest BCUT2D eigenvalue weighted by Crippen LogP contribution is 2.25. The van der Waals surface area contributed by atoms with Gasteiger partial charge in [0.2, 0.25) is 0 Å². The van der Waals surface area contributed by atoms with Crippen molar-refractivity contribution in [2.75, 3.05) is 7.11 Å². The van der Waals surface area contributed by atoms with E-state index >= 15 is 0 Å². The van der Waals surface area contributed by atoms with E-state index in [2.05, 4.69) is 31.0 Å². The first-order valence-corrected chi connectivity index (χ1v) is 7.83. The van der Waals surface area contributed by atoms with Gasteiger partial charge in [-0.2, -0.15) is 5.10 Å². The van der Waals surface area contributed by atoms with Crippen LogP contribution in [0.25, 0.3) is 22.7 Å². The van der Waals surface area contributed by atoms with Gasteiger partial charge in [-0.1, -0.05) is 0 Å². The van der Waals surface area contributed by atoms with E-state index in [1.165, 1.54) is 19.5 Å². The number of hydrogen-bond acceptors (Lipinski definition) is 4. The molecule has 4 rings (SSSR count). The summed E-state index contributed by atoms with van der Waals surface area (Å²) >= 11 is 3.45. The van der Waals surface area contributed by atoms with E-state index in [0.29, 0.717) is 11.5 Å². The second kappa shape index (κ2) is 5.72. The molecule has 0 unspecified atom stereocenters. The fraction of sp³-hybridized carbons (Fsp3) is 0.0625. The van der Waals surface area contributed by atoms with Gasteiger partial charge in [0.15, 0.2) is 17.4 Å². The third-order valence-electron chi connectivity index (χ3n) is 3.65. The van der Waals surface area contributed by atoms with E-state index in [0.717, 1.165) is 15.8 Å². The lowest BCUT2D eigenvalue weighted by atomic mass is 10.2. The number of ether oxygens (including phenoxy) is 1. The third kappa shape index (κ3) is 2.35. The maximum absolute atomic E-state index is 13.6. The van der Waals surface area contributed by atoms with Crippen LogP contribution in [-0.4, -0.2) is 31.3 Å². The topological polar surface area (TPSA) is 57.2 Å². The van der Waals surface area contributed by atoms with Gasteiger partial charge in [-0.15, -0.1) is 0 Å². The number of methoxy groups -OCH3 is 1. The smallest absolute Gasteiger partial charge is 0.165 e. The van der Waals surface area contributed by atoms with Gasteiger partial charge in [0.25, 0.3) is 0 Å². The molecule has 0 N–H and O–H groups in total. The predicted octanol–water partition coefficient (Wildman–Crippen LogP) is 3.49. The molecule has 0 atom stereocenters. The number of benzene rings is 1. The summed E-state index contributed by atoms with van der Waals surface area (Å²) < 4.78 is 23.0. The van der Waals surface area contributed by atoms with Crippen molar-refractivity contribution in [1.82, 2.24) is 24.1 Å². The Morgan fingerprint density at radius 3 is 2.88 bits per heavy atom. The Bertz CT molecular complexity index is 1040. The molecular formula is C16H11BrFN5O. The molecule has 8 heteroatoms. The van der Waals surface area contributed by atoms with E-state index in [-0.39, 0.29) is 5.75 Å². The van der Waals surface area contributed by atoms with Crippen LogP contribution in [0.4, 0.5) is 4.39 Å². The van der Waals surface area contributed by atoms with Gasteiger partial charge in [0.1, 0.15) is 16.6 Å². The second-order valence-corrected chi connectivity index (χ2v) is 5.85. The Hall–Kier alpha value is -2.74. The molecule has 120 valence electrons. The van der Waals surface area contributed by atoms with Crippen molar-refractivity contribution < 1.29 is 9.13 Å². The standard InChI is InChI=1S/C16H11BrFN5O/c1-24-13-6-11(3-4-12(13)18)23-16(20-9-21-23)10-2-5-15-19-7-14(17)22(15)8-10/h2-9H,1H3. The van der Waals surface area contributed by atoms with Crippen LogP contribution in [-0.2, 0) is 0 Å². The Morgan fingerprint density at radius 2 is 2.04 bits per heavy atom. The Morgan fingerprint density at radius 1 is 1.17 bits per heavy atom. The molecule has 0 saturated carbocycles. The van der Waals surface area contributed by atoms with Crippen LogP contribution in [0, 0.1) is 5.82 Å². The van der Waals surface area contributed by atoms with Crippen molar-refractivity contribution in [3.05, 3.63) is 59.5 Å². The molecule has 3 heterocycles. The van der Waals surface area contributed by atoms with Crippen molar-refractivity contribution >= 4 is 21.6 Å². The molecule has 0 spiro atoms. The molecule has 1 aromatic carbocycles. The summed E-state index contributed by atoms with van der Waals surface area (Å²) in [6, 6.07) is 8.36. The van der Waals surface area contributed by atoms with Crippen LogP contribution in [0.15, 0.2) is 53.7 Å². The Labute approximate surface area is 144 Å². The van der Waals surface area contributed by atoms with Crippen molar-refractivity contribution in [2.45, 2.75) is 0 Å². The largest absolute Gasteiger partial charge is 0.494 e. The SMILES string of the molecule is COc1cc(-n2ncnc2-c2ccc3ncc(Br)n3c2)ccc1F. The van der Waals surface area contributed by atoms with Gasteiger partial charge in [-0.3, -0.25) is 4.40 Å². The number of fused-ring (bicyclic) bond motifs is 1. The van der Waals surface area contributed by atoms with Gasteiger partial charge in [-0.25, -0.2) is 19.0 Å². The van der Waals surface area contributed by atoms with Crippen molar-refractivity contribution in [2.24, 2.45) is 0 Å². The lowest BCUT2D eigenvalue weighted by Crippen LogP contribution is -2.01. The van der Waals surface area contributed by atoms with Gasteiger partial charge < -0.3 is 4.74 Å². The molecule has 0 aliphatic rings. The number of hydrogen-bond donors (Lipinski definition) is 0. The summed E-state index contributed by atoms with van der Waals surface area (Å²) in [6.45, 7) is 0. The number of imidazole rings is 1. The Kier molecular flexibility index (Phi) is 3.53. The number of rotatable bonds is 3. The van der Waals surface area contributed by atoms with E-state index in [1.807, 2.05) is 22.7 Å². The molecule has 4 aromatic rings. The fourth-order valence-electron chi connectivity index (χ4n) is 2.49. The molecule has 0 fully saturated rings. The Balaban J connectivity index is 1.85. The van der Waals surface area contributed by atoms with E-state index < -0.39 is 5.82 Å². The van der Waals surface area contributed by atoms with Crippen LogP contribution in [0.2, 0.25) is 0 Å². The zero-order valence-corrected chi connectivity index (χ0v) is 14.1. The summed E-state index contributed by atoms with van der Waals surface area (Å²) in [5.41, 5.74) is 2.33. The summed E-state index contributed by atoms with van der Waals surface area (Å²) in [6.07, 6.45) is 5.10. The number of nitrogens with zero attached hydrogens (tertiary/aromatic N) is 5. The third-order valence-corrected chi connectivity index (χ3v) is 4.23. The second-order valence-electron chi connectivity index (χ2n) is 5.04. The highest BCUT2D eigenvalue weighted by molar-refractivity contribution is 9.10. The predicted molar refractivity (Wildman–Crippen MR) is 89.8 cm³/mol. The van der Waals surface area contributed by atoms with E-state index in [9.17, 15) is 4.39 Å². The summed E-state index contributed by atoms with van der Waals surface area (Å²) in [4.78, 5) is 8.60. The number of aromatic nitrogens is 5. The first kappa shape index (κ1) is 14.8. The minimum Gasteiger partial charge on any atom is -0.494 e. The van der Waals surface area contributed by atoms with Crippen LogP contribution < -0.4 is 4.74 Å². The fourth-order valence-corrected chi connectivity index (χ4v) is 2.88. The molecule has 0 amide bonds. The lowest BCUT2D eigenvalue weighted by molar-refractivity contribution is 0.386. The number of pyridine rings is 1. The van der Waals surface area contributed by atoms with Crippen LogP contribution in [0.1, 0.15) is 0 Å². The van der Waals surface area contributed by atoms with Gasteiger partial charge >= 0.3 is 0 Å². The first-order chi connectivity index (χ1) is 11.7. The minimum absolute atomic E-state index is 0.154. The molecule has 3 aromatic heterocycles. The average Bonchev–Trinajstić information content (AvgIpc) is 3.22. The molecule has 0 aliphatic heterocycles. The lowest BCUT2D eigenvalue weighted by Gasteiger charge is -2.09. The van der Waals surface area contributed by atoms with Crippen molar-refractivity contribution in [1.29, 1.82) is 0 Å². The molecule has 6 nitrogen and oxygen atoms in total. The average molecular weight is 388 g/mol. The van der Waals surface area contributed by atoms with Gasteiger partial charge in [-0.05, 0) is 40.2 Å². The number of halogens is 2. The van der Waals surface area contributed by atoms with Crippen LogP contribution in [0.5, 0.6) is 5.75 Å². The molecule has 24 heavy (non-hydrogen) atoms. The first-order valence-electron chi connectivity index (χ1n) is 7.04. The quantitative estimate of drug-likeness (QED) is 0.539. The van der Waals surface area contributed by atoms with Crippen molar-refractivity contribution in [3.8, 4) is 22.8 Å². The van der Waals surface area contributed by atoms with Crippen molar-refractivity contribution in [3.63, 3.8) is 0 Å². The summed E-state index contributed by atoms with van der Waals surface area (Å²) in [5.74, 6) is 0.361. The zero-order valence-electron chi connectivity index (χ0n) is 12.5. The monoisotopic (exact) mass is 387 g/mol. The molecule has 0 bridgehead atoms. The maximum atomic E-state index is 13.6. The molecule has 0 aliphatic carbocycles. The minimum atomic E-state index is -0.424. The molecule has 0 radical (unpaired) electrons. The summed E-state index contributed by atoms with van der Waals surface area (Å²) in [5, 5.41) is 4.25. The normalized spacial score (nSPS) is 11.1. The van der Waals surface area contributed by atoms with Crippen LogP contribution >= 0.6 is 15.9 Å². The van der Waals surface area contributed by atoms with Crippen LogP contribution in [0.3, 0.4) is 0 Å².